The molecule has 1 aliphatic rings. The molecule has 1 aromatic carbocycles. The molecule has 1 aromatic heterocycles. The van der Waals surface area contributed by atoms with Gasteiger partial charge < -0.3 is 14.7 Å². The van der Waals surface area contributed by atoms with Crippen molar-refractivity contribution in [2.24, 2.45) is 7.05 Å². The Labute approximate surface area is 116 Å². The number of para-hydroxylation sites is 1. The van der Waals surface area contributed by atoms with Crippen LogP contribution in [0.15, 0.2) is 30.6 Å². The standard InChI is InChI=1S/C14H15N3O3/c1-16-8-10(7-15-16)9-17-5-6-20-13-11(14(18)19)3-2-4-12(13)17/h2-4,7-8H,5-6,9H2,1H3,(H,18,19). The van der Waals surface area contributed by atoms with Crippen LogP contribution in [-0.4, -0.2) is 34.0 Å². The second-order valence-electron chi connectivity index (χ2n) is 4.75. The van der Waals surface area contributed by atoms with Crippen molar-refractivity contribution in [3.05, 3.63) is 41.7 Å². The molecule has 0 saturated carbocycles. The van der Waals surface area contributed by atoms with E-state index >= 15 is 0 Å². The molecule has 0 bridgehead atoms. The number of aryl methyl sites for hydroxylation is 1. The van der Waals surface area contributed by atoms with E-state index in [-0.39, 0.29) is 5.56 Å². The molecule has 1 N–H and O–H groups in total. The third kappa shape index (κ3) is 2.20. The SMILES string of the molecule is Cn1cc(CN2CCOc3c(C(=O)O)cccc32)cn1. The number of aromatic carboxylic acids is 1. The van der Waals surface area contributed by atoms with Gasteiger partial charge in [0, 0.05) is 25.4 Å². The largest absolute Gasteiger partial charge is 0.489 e. The third-order valence-electron chi connectivity index (χ3n) is 3.30. The molecule has 104 valence electrons. The van der Waals surface area contributed by atoms with Crippen molar-refractivity contribution < 1.29 is 14.6 Å². The zero-order valence-corrected chi connectivity index (χ0v) is 11.1. The van der Waals surface area contributed by atoms with Crippen molar-refractivity contribution in [3.8, 4) is 5.75 Å². The molecule has 1 aliphatic heterocycles. The van der Waals surface area contributed by atoms with Crippen LogP contribution in [0, 0.1) is 0 Å². The number of benzene rings is 1. The predicted molar refractivity (Wildman–Crippen MR) is 73.2 cm³/mol. The van der Waals surface area contributed by atoms with Gasteiger partial charge in [0.25, 0.3) is 0 Å². The molecular weight excluding hydrogens is 258 g/mol. The normalized spacial score (nSPS) is 13.8. The number of carbonyl (C=O) groups is 1. The summed E-state index contributed by atoms with van der Waals surface area (Å²) in [6.07, 6.45) is 3.77. The molecule has 20 heavy (non-hydrogen) atoms. The molecule has 0 atom stereocenters. The Kier molecular flexibility index (Phi) is 3.06. The Morgan fingerprint density at radius 1 is 1.50 bits per heavy atom. The highest BCUT2D eigenvalue weighted by atomic mass is 16.5. The van der Waals surface area contributed by atoms with E-state index in [2.05, 4.69) is 10.00 Å². The van der Waals surface area contributed by atoms with Crippen LogP contribution in [0.3, 0.4) is 0 Å². The molecule has 6 heteroatoms. The summed E-state index contributed by atoms with van der Waals surface area (Å²) in [5, 5.41) is 13.4. The van der Waals surface area contributed by atoms with Crippen LogP contribution in [0.1, 0.15) is 15.9 Å². The lowest BCUT2D eigenvalue weighted by atomic mass is 10.1. The van der Waals surface area contributed by atoms with Crippen molar-refractivity contribution >= 4 is 11.7 Å². The van der Waals surface area contributed by atoms with Crippen LogP contribution < -0.4 is 9.64 Å². The van der Waals surface area contributed by atoms with E-state index in [0.717, 1.165) is 17.8 Å². The van der Waals surface area contributed by atoms with Crippen molar-refractivity contribution in [1.29, 1.82) is 0 Å². The molecule has 0 aliphatic carbocycles. The Bertz CT molecular complexity index is 651. The number of nitrogens with zero attached hydrogens (tertiary/aromatic N) is 3. The number of fused-ring (bicyclic) bond motifs is 1. The summed E-state index contributed by atoms with van der Waals surface area (Å²) >= 11 is 0. The zero-order chi connectivity index (χ0) is 14.1. The van der Waals surface area contributed by atoms with Gasteiger partial charge in [0.2, 0.25) is 0 Å². The topological polar surface area (TPSA) is 67.6 Å². The minimum absolute atomic E-state index is 0.207. The van der Waals surface area contributed by atoms with Crippen LogP contribution in [0.4, 0.5) is 5.69 Å². The summed E-state index contributed by atoms with van der Waals surface area (Å²) in [4.78, 5) is 13.3. The molecule has 0 unspecified atom stereocenters. The van der Waals surface area contributed by atoms with Gasteiger partial charge in [0.05, 0.1) is 18.4 Å². The quantitative estimate of drug-likeness (QED) is 0.918. The van der Waals surface area contributed by atoms with Crippen LogP contribution in [0.25, 0.3) is 0 Å². The van der Waals surface area contributed by atoms with Crippen molar-refractivity contribution in [2.75, 3.05) is 18.1 Å². The van der Waals surface area contributed by atoms with E-state index in [1.807, 2.05) is 25.5 Å². The van der Waals surface area contributed by atoms with Gasteiger partial charge in [-0.05, 0) is 12.1 Å². The van der Waals surface area contributed by atoms with Crippen LogP contribution >= 0.6 is 0 Å². The van der Waals surface area contributed by atoms with Gasteiger partial charge in [0.1, 0.15) is 12.2 Å². The van der Waals surface area contributed by atoms with Gasteiger partial charge in [-0.3, -0.25) is 4.68 Å². The van der Waals surface area contributed by atoms with Crippen LogP contribution in [0.2, 0.25) is 0 Å². The fourth-order valence-electron chi connectivity index (χ4n) is 2.41. The highest BCUT2D eigenvalue weighted by molar-refractivity contribution is 5.93. The van der Waals surface area contributed by atoms with E-state index in [0.29, 0.717) is 18.9 Å². The molecule has 0 saturated heterocycles. The van der Waals surface area contributed by atoms with Crippen LogP contribution in [0.5, 0.6) is 5.75 Å². The van der Waals surface area contributed by atoms with E-state index < -0.39 is 5.97 Å². The average Bonchev–Trinajstić information content (AvgIpc) is 2.84. The fraction of sp³-hybridized carbons (Fsp3) is 0.286. The first-order valence-corrected chi connectivity index (χ1v) is 6.37. The monoisotopic (exact) mass is 273 g/mol. The van der Waals surface area contributed by atoms with Crippen molar-refractivity contribution in [2.45, 2.75) is 6.54 Å². The Morgan fingerprint density at radius 2 is 2.35 bits per heavy atom. The molecule has 0 spiro atoms. The minimum Gasteiger partial charge on any atom is -0.489 e. The molecule has 0 fully saturated rings. The fourth-order valence-corrected chi connectivity index (χ4v) is 2.41. The van der Waals surface area contributed by atoms with Gasteiger partial charge in [-0.25, -0.2) is 4.79 Å². The van der Waals surface area contributed by atoms with Crippen molar-refractivity contribution in [1.82, 2.24) is 9.78 Å². The van der Waals surface area contributed by atoms with Gasteiger partial charge in [-0.1, -0.05) is 6.07 Å². The number of carboxylic acids is 1. The lowest BCUT2D eigenvalue weighted by molar-refractivity contribution is 0.0692. The Morgan fingerprint density at radius 3 is 3.05 bits per heavy atom. The van der Waals surface area contributed by atoms with Crippen LogP contribution in [-0.2, 0) is 13.6 Å². The molecule has 2 aromatic rings. The predicted octanol–water partition coefficient (Wildman–Crippen LogP) is 1.52. The number of ether oxygens (including phenoxy) is 1. The highest BCUT2D eigenvalue weighted by Crippen LogP contribution is 2.35. The van der Waals surface area contributed by atoms with Gasteiger partial charge >= 0.3 is 5.97 Å². The van der Waals surface area contributed by atoms with E-state index in [1.165, 1.54) is 0 Å². The summed E-state index contributed by atoms with van der Waals surface area (Å²) in [6.45, 7) is 1.90. The first kappa shape index (κ1) is 12.5. The maximum absolute atomic E-state index is 11.2. The maximum atomic E-state index is 11.2. The number of hydrogen-bond donors (Lipinski definition) is 1. The summed E-state index contributed by atoms with van der Waals surface area (Å²) < 4.78 is 7.30. The first-order valence-electron chi connectivity index (χ1n) is 6.37. The third-order valence-corrected chi connectivity index (χ3v) is 3.30. The second-order valence-corrected chi connectivity index (χ2v) is 4.75. The van der Waals surface area contributed by atoms with Gasteiger partial charge in [0.15, 0.2) is 5.75 Å². The zero-order valence-electron chi connectivity index (χ0n) is 11.1. The van der Waals surface area contributed by atoms with Crippen molar-refractivity contribution in [3.63, 3.8) is 0 Å². The molecule has 2 heterocycles. The average molecular weight is 273 g/mol. The maximum Gasteiger partial charge on any atom is 0.339 e. The number of aromatic nitrogens is 2. The summed E-state index contributed by atoms with van der Waals surface area (Å²) in [7, 11) is 1.87. The number of carboxylic acid groups (broad SMARTS) is 1. The first-order chi connectivity index (χ1) is 9.65. The summed E-state index contributed by atoms with van der Waals surface area (Å²) in [5.41, 5.74) is 2.11. The summed E-state index contributed by atoms with van der Waals surface area (Å²) in [6, 6.07) is 5.19. The molecule has 3 rings (SSSR count). The lowest BCUT2D eigenvalue weighted by Crippen LogP contribution is -2.32. The molecule has 6 nitrogen and oxygen atoms in total. The lowest BCUT2D eigenvalue weighted by Gasteiger charge is -2.31. The van der Waals surface area contributed by atoms with Gasteiger partial charge in [-0.15, -0.1) is 0 Å². The Hall–Kier alpha value is -2.50. The number of hydrogen-bond acceptors (Lipinski definition) is 4. The highest BCUT2D eigenvalue weighted by Gasteiger charge is 2.23. The van der Waals surface area contributed by atoms with E-state index in [1.54, 1.807) is 16.8 Å². The minimum atomic E-state index is -0.968. The van der Waals surface area contributed by atoms with Gasteiger partial charge in [-0.2, -0.15) is 5.10 Å². The number of rotatable bonds is 3. The number of anilines is 1. The Balaban J connectivity index is 1.94. The second kappa shape index (κ2) is 4.88. The molecule has 0 radical (unpaired) electrons. The van der Waals surface area contributed by atoms with E-state index in [4.69, 9.17) is 4.74 Å². The molecular formula is C14H15N3O3. The molecule has 0 amide bonds. The van der Waals surface area contributed by atoms with E-state index in [9.17, 15) is 9.90 Å². The smallest absolute Gasteiger partial charge is 0.339 e. The summed E-state index contributed by atoms with van der Waals surface area (Å²) in [5.74, 6) is -0.514.